The SMILES string of the molecule is CC(=O)c1ccc2oc(=O)cc(C)c2c1. The molecule has 3 heteroatoms. The summed E-state index contributed by atoms with van der Waals surface area (Å²) >= 11 is 0. The Labute approximate surface area is 86.3 Å². The zero-order valence-corrected chi connectivity index (χ0v) is 8.53. The average Bonchev–Trinajstić information content (AvgIpc) is 2.16. The maximum Gasteiger partial charge on any atom is 0.336 e. The highest BCUT2D eigenvalue weighted by Crippen LogP contribution is 2.18. The Morgan fingerprint density at radius 1 is 1.27 bits per heavy atom. The summed E-state index contributed by atoms with van der Waals surface area (Å²) in [5, 5.41) is 0.808. The lowest BCUT2D eigenvalue weighted by Gasteiger charge is -2.01. The lowest BCUT2D eigenvalue weighted by molar-refractivity contribution is 0.101. The highest BCUT2D eigenvalue weighted by atomic mass is 16.4. The Kier molecular flexibility index (Phi) is 2.15. The summed E-state index contributed by atoms with van der Waals surface area (Å²) in [6.45, 7) is 3.33. The van der Waals surface area contributed by atoms with Crippen LogP contribution in [0.3, 0.4) is 0 Å². The van der Waals surface area contributed by atoms with Gasteiger partial charge in [0.2, 0.25) is 0 Å². The van der Waals surface area contributed by atoms with Gasteiger partial charge in [-0.3, -0.25) is 4.79 Å². The molecule has 0 atom stereocenters. The standard InChI is InChI=1S/C12H10O3/c1-7-5-12(14)15-11-4-3-9(8(2)13)6-10(7)11/h3-6H,1-2H3. The van der Waals surface area contributed by atoms with E-state index in [1.807, 2.05) is 6.92 Å². The van der Waals surface area contributed by atoms with E-state index >= 15 is 0 Å². The third kappa shape index (κ3) is 1.68. The Balaban J connectivity index is 2.82. The summed E-state index contributed by atoms with van der Waals surface area (Å²) < 4.78 is 5.01. The van der Waals surface area contributed by atoms with Gasteiger partial charge in [-0.05, 0) is 37.6 Å². The summed E-state index contributed by atoms with van der Waals surface area (Å²) in [5.74, 6) is 0.00231. The number of fused-ring (bicyclic) bond motifs is 1. The predicted octanol–water partition coefficient (Wildman–Crippen LogP) is 2.30. The fourth-order valence-electron chi connectivity index (χ4n) is 1.54. The van der Waals surface area contributed by atoms with Crippen LogP contribution in [0.2, 0.25) is 0 Å². The number of carbonyl (C=O) groups excluding carboxylic acids is 1. The minimum atomic E-state index is -0.365. The highest BCUT2D eigenvalue weighted by Gasteiger charge is 2.05. The second kappa shape index (κ2) is 3.35. The van der Waals surface area contributed by atoms with Crippen molar-refractivity contribution in [3.8, 4) is 0 Å². The molecule has 0 radical (unpaired) electrons. The van der Waals surface area contributed by atoms with E-state index in [9.17, 15) is 9.59 Å². The van der Waals surface area contributed by atoms with E-state index in [-0.39, 0.29) is 11.4 Å². The van der Waals surface area contributed by atoms with Crippen molar-refractivity contribution in [2.75, 3.05) is 0 Å². The largest absolute Gasteiger partial charge is 0.423 e. The van der Waals surface area contributed by atoms with Crippen LogP contribution >= 0.6 is 0 Å². The van der Waals surface area contributed by atoms with Gasteiger partial charge in [-0.15, -0.1) is 0 Å². The van der Waals surface area contributed by atoms with E-state index in [0.29, 0.717) is 11.1 Å². The first-order valence-electron chi connectivity index (χ1n) is 4.63. The van der Waals surface area contributed by atoms with Crippen LogP contribution in [-0.2, 0) is 0 Å². The van der Waals surface area contributed by atoms with Crippen LogP contribution in [0.25, 0.3) is 11.0 Å². The van der Waals surface area contributed by atoms with Crippen LogP contribution in [0.5, 0.6) is 0 Å². The summed E-state index contributed by atoms with van der Waals surface area (Å²) in [6.07, 6.45) is 0. The number of hydrogen-bond acceptors (Lipinski definition) is 3. The molecule has 2 rings (SSSR count). The fraction of sp³-hybridized carbons (Fsp3) is 0.167. The molecular weight excluding hydrogens is 192 g/mol. The zero-order valence-electron chi connectivity index (χ0n) is 8.53. The van der Waals surface area contributed by atoms with Crippen molar-refractivity contribution in [3.05, 3.63) is 45.8 Å². The van der Waals surface area contributed by atoms with Gasteiger partial charge in [0.1, 0.15) is 5.58 Å². The Bertz CT molecular complexity index is 593. The molecule has 0 aliphatic carbocycles. The molecule has 0 amide bonds. The summed E-state index contributed by atoms with van der Waals surface area (Å²) in [7, 11) is 0. The molecule has 2 aromatic rings. The molecule has 76 valence electrons. The molecule has 0 unspecified atom stereocenters. The summed E-state index contributed by atoms with van der Waals surface area (Å²) in [6, 6.07) is 6.48. The van der Waals surface area contributed by atoms with E-state index in [1.165, 1.54) is 13.0 Å². The monoisotopic (exact) mass is 202 g/mol. The minimum absolute atomic E-state index is 0.00231. The van der Waals surface area contributed by atoms with Gasteiger partial charge in [0, 0.05) is 17.0 Å². The van der Waals surface area contributed by atoms with Crippen molar-refractivity contribution in [2.24, 2.45) is 0 Å². The quantitative estimate of drug-likeness (QED) is 0.526. The van der Waals surface area contributed by atoms with Crippen molar-refractivity contribution in [2.45, 2.75) is 13.8 Å². The number of ketones is 1. The topological polar surface area (TPSA) is 47.3 Å². The van der Waals surface area contributed by atoms with Gasteiger partial charge in [0.15, 0.2) is 5.78 Å². The van der Waals surface area contributed by atoms with Gasteiger partial charge in [-0.1, -0.05) is 0 Å². The number of aryl methyl sites for hydroxylation is 1. The molecular formula is C12H10O3. The number of hydrogen-bond donors (Lipinski definition) is 0. The van der Waals surface area contributed by atoms with Gasteiger partial charge in [-0.25, -0.2) is 4.79 Å². The molecule has 1 heterocycles. The molecule has 0 spiro atoms. The maximum absolute atomic E-state index is 11.2. The molecule has 0 saturated heterocycles. The van der Waals surface area contributed by atoms with Crippen LogP contribution in [0.15, 0.2) is 33.5 Å². The molecule has 0 saturated carbocycles. The first-order valence-corrected chi connectivity index (χ1v) is 4.63. The van der Waals surface area contributed by atoms with Crippen LogP contribution < -0.4 is 5.63 Å². The van der Waals surface area contributed by atoms with Gasteiger partial charge >= 0.3 is 5.63 Å². The third-order valence-electron chi connectivity index (χ3n) is 2.36. The van der Waals surface area contributed by atoms with Crippen LogP contribution in [-0.4, -0.2) is 5.78 Å². The van der Waals surface area contributed by atoms with Crippen molar-refractivity contribution < 1.29 is 9.21 Å². The maximum atomic E-state index is 11.2. The lowest BCUT2D eigenvalue weighted by Crippen LogP contribution is -1.99. The molecule has 0 N–H and O–H groups in total. The van der Waals surface area contributed by atoms with E-state index in [0.717, 1.165) is 10.9 Å². The molecule has 1 aromatic carbocycles. The van der Waals surface area contributed by atoms with E-state index < -0.39 is 0 Å². The summed E-state index contributed by atoms with van der Waals surface area (Å²) in [4.78, 5) is 22.3. The van der Waals surface area contributed by atoms with Gasteiger partial charge in [0.05, 0.1) is 0 Å². The van der Waals surface area contributed by atoms with Crippen LogP contribution in [0.4, 0.5) is 0 Å². The molecule has 0 aliphatic heterocycles. The average molecular weight is 202 g/mol. The predicted molar refractivity (Wildman–Crippen MR) is 57.2 cm³/mol. The zero-order chi connectivity index (χ0) is 11.0. The van der Waals surface area contributed by atoms with Crippen molar-refractivity contribution in [1.29, 1.82) is 0 Å². The van der Waals surface area contributed by atoms with Crippen molar-refractivity contribution in [3.63, 3.8) is 0 Å². The number of benzene rings is 1. The van der Waals surface area contributed by atoms with Gasteiger partial charge < -0.3 is 4.42 Å². The molecule has 0 aliphatic rings. The second-order valence-corrected chi connectivity index (χ2v) is 3.52. The smallest absolute Gasteiger partial charge is 0.336 e. The molecule has 15 heavy (non-hydrogen) atoms. The number of rotatable bonds is 1. The van der Waals surface area contributed by atoms with E-state index in [1.54, 1.807) is 18.2 Å². The molecule has 0 fully saturated rings. The van der Waals surface area contributed by atoms with Crippen LogP contribution in [0, 0.1) is 6.92 Å². The third-order valence-corrected chi connectivity index (χ3v) is 2.36. The minimum Gasteiger partial charge on any atom is -0.423 e. The normalized spacial score (nSPS) is 10.5. The first-order chi connectivity index (χ1) is 7.08. The first kappa shape index (κ1) is 9.65. The van der Waals surface area contributed by atoms with Crippen molar-refractivity contribution >= 4 is 16.8 Å². The van der Waals surface area contributed by atoms with Gasteiger partial charge in [0.25, 0.3) is 0 Å². The summed E-state index contributed by atoms with van der Waals surface area (Å²) in [5.41, 5.74) is 1.60. The number of carbonyl (C=O) groups is 1. The molecule has 0 bridgehead atoms. The molecule has 1 aromatic heterocycles. The highest BCUT2D eigenvalue weighted by molar-refractivity contribution is 5.98. The Morgan fingerprint density at radius 3 is 2.67 bits per heavy atom. The lowest BCUT2D eigenvalue weighted by atomic mass is 10.1. The van der Waals surface area contributed by atoms with E-state index in [4.69, 9.17) is 4.42 Å². The Morgan fingerprint density at radius 2 is 2.00 bits per heavy atom. The van der Waals surface area contributed by atoms with Crippen molar-refractivity contribution in [1.82, 2.24) is 0 Å². The van der Waals surface area contributed by atoms with Crippen LogP contribution in [0.1, 0.15) is 22.8 Å². The van der Waals surface area contributed by atoms with E-state index in [2.05, 4.69) is 0 Å². The second-order valence-electron chi connectivity index (χ2n) is 3.52. The van der Waals surface area contributed by atoms with Gasteiger partial charge in [-0.2, -0.15) is 0 Å². The molecule has 3 nitrogen and oxygen atoms in total. The Hall–Kier alpha value is -1.90. The number of Topliss-reactive ketones (excluding diaryl/α,β-unsaturated/α-hetero) is 1. The fourth-order valence-corrected chi connectivity index (χ4v) is 1.54.